The molecule has 24 heavy (non-hydrogen) atoms. The first kappa shape index (κ1) is 18.2. The van der Waals surface area contributed by atoms with Crippen LogP contribution < -0.4 is 15.4 Å². The van der Waals surface area contributed by atoms with Crippen LogP contribution in [-0.4, -0.2) is 36.9 Å². The highest BCUT2D eigenvalue weighted by Crippen LogP contribution is 2.39. The number of fused-ring (bicyclic) bond motifs is 1. The SMILES string of the molecule is CCOC(=O)C1CN(C(=O)OC(C)(C)C)c2cc(Cl)c(N)cc2O1. The Kier molecular flexibility index (Phi) is 5.13. The van der Waals surface area contributed by atoms with Crippen molar-refractivity contribution >= 4 is 35.0 Å². The Balaban J connectivity index is 2.39. The van der Waals surface area contributed by atoms with Gasteiger partial charge in [-0.3, -0.25) is 4.90 Å². The molecule has 0 fully saturated rings. The highest BCUT2D eigenvalue weighted by atomic mass is 35.5. The van der Waals surface area contributed by atoms with Gasteiger partial charge >= 0.3 is 12.1 Å². The molecule has 2 N–H and O–H groups in total. The van der Waals surface area contributed by atoms with Crippen LogP contribution in [0.2, 0.25) is 5.02 Å². The summed E-state index contributed by atoms with van der Waals surface area (Å²) in [5, 5.41) is 0.278. The number of ether oxygens (including phenoxy) is 3. The average molecular weight is 357 g/mol. The Morgan fingerprint density at radius 2 is 2.08 bits per heavy atom. The topological polar surface area (TPSA) is 91.1 Å². The Hall–Kier alpha value is -2.15. The minimum Gasteiger partial charge on any atom is -0.475 e. The predicted octanol–water partition coefficient (Wildman–Crippen LogP) is 2.99. The number of anilines is 2. The number of nitrogens with two attached hydrogens (primary N) is 1. The molecular formula is C16H21ClN2O5. The smallest absolute Gasteiger partial charge is 0.415 e. The maximum atomic E-state index is 12.5. The first-order valence-electron chi connectivity index (χ1n) is 7.55. The van der Waals surface area contributed by atoms with Crippen molar-refractivity contribution in [2.24, 2.45) is 0 Å². The van der Waals surface area contributed by atoms with Crippen molar-refractivity contribution in [3.63, 3.8) is 0 Å². The minimum atomic E-state index is -0.967. The third-order valence-electron chi connectivity index (χ3n) is 3.15. The number of nitrogen functional groups attached to an aromatic ring is 1. The van der Waals surface area contributed by atoms with Gasteiger partial charge < -0.3 is 19.9 Å². The summed E-state index contributed by atoms with van der Waals surface area (Å²) in [6, 6.07) is 2.98. The van der Waals surface area contributed by atoms with Gasteiger partial charge in [0.1, 0.15) is 11.4 Å². The van der Waals surface area contributed by atoms with Gasteiger partial charge in [-0.15, -0.1) is 0 Å². The van der Waals surface area contributed by atoms with Gasteiger partial charge in [-0.25, -0.2) is 9.59 Å². The Bertz CT molecular complexity index is 657. The van der Waals surface area contributed by atoms with Crippen LogP contribution in [0.4, 0.5) is 16.2 Å². The van der Waals surface area contributed by atoms with Crippen molar-refractivity contribution in [2.45, 2.75) is 39.4 Å². The van der Waals surface area contributed by atoms with Gasteiger partial charge in [0.25, 0.3) is 0 Å². The molecule has 0 saturated heterocycles. The summed E-state index contributed by atoms with van der Waals surface area (Å²) in [5.74, 6) is -0.294. The van der Waals surface area contributed by atoms with Gasteiger partial charge in [-0.2, -0.15) is 0 Å². The molecule has 1 aromatic carbocycles. The molecule has 8 heteroatoms. The highest BCUT2D eigenvalue weighted by molar-refractivity contribution is 6.33. The molecule has 1 heterocycles. The van der Waals surface area contributed by atoms with Crippen molar-refractivity contribution in [3.8, 4) is 5.75 Å². The lowest BCUT2D eigenvalue weighted by Crippen LogP contribution is -2.49. The molecule has 1 unspecified atom stereocenters. The number of benzene rings is 1. The molecule has 1 aromatic rings. The van der Waals surface area contributed by atoms with E-state index in [4.69, 9.17) is 31.5 Å². The van der Waals surface area contributed by atoms with Crippen LogP contribution in [-0.2, 0) is 14.3 Å². The number of carbonyl (C=O) groups excluding carboxylic acids is 2. The van der Waals surface area contributed by atoms with Crippen LogP contribution in [0, 0.1) is 0 Å². The maximum absolute atomic E-state index is 12.5. The van der Waals surface area contributed by atoms with Gasteiger partial charge in [-0.1, -0.05) is 11.6 Å². The standard InChI is InChI=1S/C16H21ClN2O5/c1-5-22-14(20)13-8-19(15(21)24-16(2,3)4)11-6-9(17)10(18)7-12(11)23-13/h6-7,13H,5,8,18H2,1-4H3. The number of halogens is 1. The fourth-order valence-corrected chi connectivity index (χ4v) is 2.32. The summed E-state index contributed by atoms with van der Waals surface area (Å²) in [6.07, 6.45) is -1.58. The molecule has 1 aliphatic heterocycles. The van der Waals surface area contributed by atoms with Crippen LogP contribution >= 0.6 is 11.6 Å². The molecule has 0 bridgehead atoms. The van der Waals surface area contributed by atoms with Crippen molar-refractivity contribution in [1.29, 1.82) is 0 Å². The van der Waals surface area contributed by atoms with Gasteiger partial charge in [-0.05, 0) is 33.8 Å². The van der Waals surface area contributed by atoms with Gasteiger partial charge in [0.2, 0.25) is 6.10 Å². The fourth-order valence-electron chi connectivity index (χ4n) is 2.17. The van der Waals surface area contributed by atoms with Crippen LogP contribution in [0.5, 0.6) is 5.75 Å². The lowest BCUT2D eigenvalue weighted by molar-refractivity contribution is -0.151. The van der Waals surface area contributed by atoms with E-state index in [1.807, 2.05) is 0 Å². The van der Waals surface area contributed by atoms with E-state index in [0.29, 0.717) is 5.69 Å². The number of hydrogen-bond donors (Lipinski definition) is 1. The zero-order valence-electron chi connectivity index (χ0n) is 14.1. The zero-order valence-corrected chi connectivity index (χ0v) is 14.8. The second-order valence-electron chi connectivity index (χ2n) is 6.29. The number of hydrogen-bond acceptors (Lipinski definition) is 6. The Morgan fingerprint density at radius 1 is 1.42 bits per heavy atom. The molecule has 0 saturated carbocycles. The van der Waals surface area contributed by atoms with E-state index < -0.39 is 23.8 Å². The van der Waals surface area contributed by atoms with E-state index in [0.717, 1.165) is 0 Å². The Morgan fingerprint density at radius 3 is 2.67 bits per heavy atom. The molecule has 0 aliphatic carbocycles. The number of rotatable bonds is 2. The summed E-state index contributed by atoms with van der Waals surface area (Å²) in [7, 11) is 0. The summed E-state index contributed by atoms with van der Waals surface area (Å²) in [4.78, 5) is 25.9. The van der Waals surface area contributed by atoms with E-state index in [1.165, 1.54) is 17.0 Å². The van der Waals surface area contributed by atoms with Crippen molar-refractivity contribution in [1.82, 2.24) is 0 Å². The summed E-state index contributed by atoms with van der Waals surface area (Å²) in [6.45, 7) is 7.13. The normalized spacial score (nSPS) is 16.9. The molecule has 0 aromatic heterocycles. The van der Waals surface area contributed by atoms with Crippen molar-refractivity contribution in [2.75, 3.05) is 23.8 Å². The molecule has 1 aliphatic rings. The van der Waals surface area contributed by atoms with E-state index in [-0.39, 0.29) is 29.6 Å². The Labute approximate surface area is 145 Å². The van der Waals surface area contributed by atoms with E-state index in [2.05, 4.69) is 0 Å². The summed E-state index contributed by atoms with van der Waals surface area (Å²) < 4.78 is 16.0. The number of esters is 1. The van der Waals surface area contributed by atoms with Gasteiger partial charge in [0.05, 0.1) is 29.5 Å². The second-order valence-corrected chi connectivity index (χ2v) is 6.70. The third kappa shape index (κ3) is 4.03. The molecule has 132 valence electrons. The van der Waals surface area contributed by atoms with E-state index in [9.17, 15) is 9.59 Å². The van der Waals surface area contributed by atoms with Crippen LogP contribution in [0.3, 0.4) is 0 Å². The first-order chi connectivity index (χ1) is 11.1. The highest BCUT2D eigenvalue weighted by Gasteiger charge is 2.37. The molecule has 1 amide bonds. The third-order valence-corrected chi connectivity index (χ3v) is 3.48. The fraction of sp³-hybridized carbons (Fsp3) is 0.500. The molecular weight excluding hydrogens is 336 g/mol. The van der Waals surface area contributed by atoms with Gasteiger partial charge in [0.15, 0.2) is 0 Å². The monoisotopic (exact) mass is 356 g/mol. The molecule has 7 nitrogen and oxygen atoms in total. The summed E-state index contributed by atoms with van der Waals surface area (Å²) in [5.41, 5.74) is 5.77. The number of amides is 1. The molecule has 1 atom stereocenters. The average Bonchev–Trinajstić information content (AvgIpc) is 2.46. The number of carbonyl (C=O) groups is 2. The van der Waals surface area contributed by atoms with Crippen LogP contribution in [0.15, 0.2) is 12.1 Å². The van der Waals surface area contributed by atoms with Crippen molar-refractivity contribution in [3.05, 3.63) is 17.2 Å². The lowest BCUT2D eigenvalue weighted by atomic mass is 10.1. The molecule has 2 rings (SSSR count). The number of nitrogens with zero attached hydrogens (tertiary/aromatic N) is 1. The van der Waals surface area contributed by atoms with Crippen LogP contribution in [0.1, 0.15) is 27.7 Å². The zero-order chi connectivity index (χ0) is 18.1. The second kappa shape index (κ2) is 6.76. The summed E-state index contributed by atoms with van der Waals surface area (Å²) >= 11 is 6.05. The van der Waals surface area contributed by atoms with Crippen molar-refractivity contribution < 1.29 is 23.8 Å². The van der Waals surface area contributed by atoms with E-state index >= 15 is 0 Å². The van der Waals surface area contributed by atoms with Crippen LogP contribution in [0.25, 0.3) is 0 Å². The quantitative estimate of drug-likeness (QED) is 0.647. The first-order valence-corrected chi connectivity index (χ1v) is 7.93. The minimum absolute atomic E-state index is 0.0407. The van der Waals surface area contributed by atoms with Gasteiger partial charge in [0, 0.05) is 6.07 Å². The lowest BCUT2D eigenvalue weighted by Gasteiger charge is -2.35. The largest absolute Gasteiger partial charge is 0.475 e. The molecule has 0 radical (unpaired) electrons. The van der Waals surface area contributed by atoms with E-state index in [1.54, 1.807) is 27.7 Å². The maximum Gasteiger partial charge on any atom is 0.415 e. The predicted molar refractivity (Wildman–Crippen MR) is 90.5 cm³/mol. The molecule has 0 spiro atoms.